The maximum atomic E-state index is 6.28. The zero-order valence-electron chi connectivity index (χ0n) is 13.7. The zero-order valence-corrected chi connectivity index (χ0v) is 16.0. The lowest BCUT2D eigenvalue weighted by molar-refractivity contribution is 0.372. The standard InChI is InChI=1S/C17H25BrClNO/c1-7-20-13(15-16(2,3)17(15,4)5)11-8-10(19)9-12(18)14(11)21-6/h8-9,13,15,20H,7H2,1-6H3. The van der Waals surface area contributed by atoms with Gasteiger partial charge >= 0.3 is 0 Å². The highest BCUT2D eigenvalue weighted by atomic mass is 79.9. The quantitative estimate of drug-likeness (QED) is 0.740. The second kappa shape index (κ2) is 5.75. The molecule has 1 aromatic rings. The van der Waals surface area contributed by atoms with E-state index in [0.29, 0.717) is 16.7 Å². The highest BCUT2D eigenvalue weighted by Gasteiger charge is 2.67. The molecule has 0 heterocycles. The number of nitrogens with one attached hydrogen (secondary N) is 1. The largest absolute Gasteiger partial charge is 0.495 e. The summed E-state index contributed by atoms with van der Waals surface area (Å²) in [6.45, 7) is 12.4. The van der Waals surface area contributed by atoms with Gasteiger partial charge in [0.15, 0.2) is 0 Å². The molecule has 1 saturated carbocycles. The Morgan fingerprint density at radius 3 is 2.29 bits per heavy atom. The number of methoxy groups -OCH3 is 1. The third kappa shape index (κ3) is 2.73. The van der Waals surface area contributed by atoms with Gasteiger partial charge < -0.3 is 10.1 Å². The normalized spacial score (nSPS) is 21.1. The van der Waals surface area contributed by atoms with E-state index >= 15 is 0 Å². The number of benzene rings is 1. The van der Waals surface area contributed by atoms with Crippen LogP contribution in [0.4, 0.5) is 0 Å². The van der Waals surface area contributed by atoms with E-state index in [9.17, 15) is 0 Å². The highest BCUT2D eigenvalue weighted by Crippen LogP contribution is 2.72. The fourth-order valence-corrected chi connectivity index (χ4v) is 4.73. The van der Waals surface area contributed by atoms with Crippen molar-refractivity contribution in [2.75, 3.05) is 13.7 Å². The van der Waals surface area contributed by atoms with Crippen molar-refractivity contribution in [2.45, 2.75) is 40.7 Å². The molecular weight excluding hydrogens is 350 g/mol. The predicted octanol–water partition coefficient (Wildman–Crippen LogP) is 5.44. The summed E-state index contributed by atoms with van der Waals surface area (Å²) in [7, 11) is 1.71. The molecule has 0 bridgehead atoms. The van der Waals surface area contributed by atoms with Gasteiger partial charge in [0, 0.05) is 16.6 Å². The van der Waals surface area contributed by atoms with Crippen LogP contribution in [0.2, 0.25) is 5.02 Å². The maximum absolute atomic E-state index is 6.28. The molecule has 1 aliphatic rings. The smallest absolute Gasteiger partial charge is 0.137 e. The monoisotopic (exact) mass is 373 g/mol. The number of hydrogen-bond acceptors (Lipinski definition) is 2. The van der Waals surface area contributed by atoms with Gasteiger partial charge in [-0.15, -0.1) is 0 Å². The summed E-state index contributed by atoms with van der Waals surface area (Å²) in [5, 5.41) is 4.37. The fraction of sp³-hybridized carbons (Fsp3) is 0.647. The lowest BCUT2D eigenvalue weighted by atomic mass is 9.95. The van der Waals surface area contributed by atoms with Gasteiger partial charge in [-0.3, -0.25) is 0 Å². The van der Waals surface area contributed by atoms with Crippen LogP contribution in [0.15, 0.2) is 16.6 Å². The van der Waals surface area contributed by atoms with Crippen LogP contribution in [0.5, 0.6) is 5.75 Å². The molecule has 1 N–H and O–H groups in total. The number of halogens is 2. The van der Waals surface area contributed by atoms with Crippen molar-refractivity contribution in [3.05, 3.63) is 27.2 Å². The van der Waals surface area contributed by atoms with Crippen LogP contribution in [-0.4, -0.2) is 13.7 Å². The van der Waals surface area contributed by atoms with Crippen molar-refractivity contribution in [3.8, 4) is 5.75 Å². The van der Waals surface area contributed by atoms with Gasteiger partial charge in [0.25, 0.3) is 0 Å². The Bertz CT molecular complexity index is 528. The van der Waals surface area contributed by atoms with Gasteiger partial charge in [0.2, 0.25) is 0 Å². The summed E-state index contributed by atoms with van der Waals surface area (Å²) in [6, 6.07) is 4.16. The lowest BCUT2D eigenvalue weighted by Crippen LogP contribution is -2.25. The van der Waals surface area contributed by atoms with E-state index in [-0.39, 0.29) is 6.04 Å². The Morgan fingerprint density at radius 1 is 1.29 bits per heavy atom. The van der Waals surface area contributed by atoms with Crippen LogP contribution in [0, 0.1) is 16.7 Å². The average Bonchev–Trinajstić information content (AvgIpc) is 2.76. The molecule has 1 fully saturated rings. The Hall–Kier alpha value is -0.250. The number of rotatable bonds is 5. The van der Waals surface area contributed by atoms with Crippen LogP contribution in [0.25, 0.3) is 0 Å². The summed E-state index contributed by atoms with van der Waals surface area (Å²) in [6.07, 6.45) is 0. The number of ether oxygens (including phenoxy) is 1. The molecule has 2 rings (SSSR count). The molecule has 0 aliphatic heterocycles. The summed E-state index contributed by atoms with van der Waals surface area (Å²) in [5.41, 5.74) is 1.72. The Balaban J connectivity index is 2.50. The van der Waals surface area contributed by atoms with Gasteiger partial charge in [-0.2, -0.15) is 0 Å². The molecule has 0 saturated heterocycles. The van der Waals surface area contributed by atoms with Crippen LogP contribution in [0.3, 0.4) is 0 Å². The van der Waals surface area contributed by atoms with Crippen LogP contribution >= 0.6 is 27.5 Å². The van der Waals surface area contributed by atoms with Gasteiger partial charge in [-0.1, -0.05) is 46.2 Å². The minimum atomic E-state index is 0.241. The summed E-state index contributed by atoms with van der Waals surface area (Å²) < 4.78 is 6.54. The van der Waals surface area contributed by atoms with Crippen molar-refractivity contribution in [1.82, 2.24) is 5.32 Å². The molecule has 0 aromatic heterocycles. The highest BCUT2D eigenvalue weighted by molar-refractivity contribution is 9.10. The Kier molecular flexibility index (Phi) is 4.68. The molecule has 1 unspecified atom stereocenters. The SMILES string of the molecule is CCNC(c1cc(Cl)cc(Br)c1OC)C1C(C)(C)C1(C)C. The van der Waals surface area contributed by atoms with E-state index in [4.69, 9.17) is 16.3 Å². The van der Waals surface area contributed by atoms with Crippen LogP contribution in [0.1, 0.15) is 46.2 Å². The van der Waals surface area contributed by atoms with Crippen molar-refractivity contribution >= 4 is 27.5 Å². The molecular formula is C17H25BrClNO. The molecule has 1 atom stereocenters. The van der Waals surface area contributed by atoms with Gasteiger partial charge in [-0.25, -0.2) is 0 Å². The minimum Gasteiger partial charge on any atom is -0.495 e. The predicted molar refractivity (Wildman–Crippen MR) is 93.2 cm³/mol. The van der Waals surface area contributed by atoms with E-state index in [1.807, 2.05) is 12.1 Å². The van der Waals surface area contributed by atoms with E-state index in [0.717, 1.165) is 27.4 Å². The fourth-order valence-electron chi connectivity index (χ4n) is 3.73. The minimum absolute atomic E-state index is 0.241. The molecule has 2 nitrogen and oxygen atoms in total. The first kappa shape index (κ1) is 17.1. The van der Waals surface area contributed by atoms with Crippen molar-refractivity contribution < 1.29 is 4.74 Å². The second-order valence-electron chi connectivity index (χ2n) is 6.97. The van der Waals surface area contributed by atoms with E-state index in [2.05, 4.69) is 55.9 Å². The summed E-state index contributed by atoms with van der Waals surface area (Å²) >= 11 is 9.84. The topological polar surface area (TPSA) is 21.3 Å². The molecule has 4 heteroatoms. The molecule has 0 radical (unpaired) electrons. The van der Waals surface area contributed by atoms with Gasteiger partial charge in [-0.05, 0) is 51.4 Å². The van der Waals surface area contributed by atoms with Crippen LogP contribution in [-0.2, 0) is 0 Å². The van der Waals surface area contributed by atoms with E-state index < -0.39 is 0 Å². The molecule has 0 amide bonds. The maximum Gasteiger partial charge on any atom is 0.137 e. The zero-order chi connectivity index (χ0) is 16.0. The third-order valence-electron chi connectivity index (χ3n) is 5.47. The van der Waals surface area contributed by atoms with E-state index in [1.165, 1.54) is 0 Å². The third-order valence-corrected chi connectivity index (χ3v) is 6.27. The molecule has 21 heavy (non-hydrogen) atoms. The number of hydrogen-bond donors (Lipinski definition) is 1. The molecule has 1 aromatic carbocycles. The molecule has 118 valence electrons. The first-order valence-electron chi connectivity index (χ1n) is 7.44. The summed E-state index contributed by atoms with van der Waals surface area (Å²) in [5.74, 6) is 1.42. The van der Waals surface area contributed by atoms with Crippen molar-refractivity contribution in [2.24, 2.45) is 16.7 Å². The Morgan fingerprint density at radius 2 is 1.86 bits per heavy atom. The first-order valence-corrected chi connectivity index (χ1v) is 8.61. The van der Waals surface area contributed by atoms with Crippen LogP contribution < -0.4 is 10.1 Å². The van der Waals surface area contributed by atoms with Gasteiger partial charge in [0.1, 0.15) is 5.75 Å². The Labute approximate surface area is 141 Å². The molecule has 0 spiro atoms. The van der Waals surface area contributed by atoms with Crippen molar-refractivity contribution in [1.29, 1.82) is 0 Å². The van der Waals surface area contributed by atoms with Crippen molar-refractivity contribution in [3.63, 3.8) is 0 Å². The van der Waals surface area contributed by atoms with E-state index in [1.54, 1.807) is 7.11 Å². The second-order valence-corrected chi connectivity index (χ2v) is 8.26. The lowest BCUT2D eigenvalue weighted by Gasteiger charge is -2.24. The van der Waals surface area contributed by atoms with Gasteiger partial charge in [0.05, 0.1) is 11.6 Å². The summed E-state index contributed by atoms with van der Waals surface area (Å²) in [4.78, 5) is 0. The first-order chi connectivity index (χ1) is 9.68. The average molecular weight is 375 g/mol. The molecule has 1 aliphatic carbocycles.